The van der Waals surface area contributed by atoms with Crippen LogP contribution in [0.5, 0.6) is 0 Å². The van der Waals surface area contributed by atoms with Gasteiger partial charge in [-0.25, -0.2) is 0 Å². The number of aliphatic hydroxyl groups excluding tert-OH is 5. The van der Waals surface area contributed by atoms with Crippen LogP contribution in [-0.2, 0) is 4.79 Å². The van der Waals surface area contributed by atoms with Crippen molar-refractivity contribution in [3.05, 3.63) is 0 Å². The molecule has 0 bridgehead atoms. The summed E-state index contributed by atoms with van der Waals surface area (Å²) in [6.07, 6.45) is -9.07. The summed E-state index contributed by atoms with van der Waals surface area (Å²) in [5, 5.41) is 43.8. The SMILES string of the molecule is [3H]C(=O)[C@H](O)[C@@H](O)[C@@H](O)[C@H](O)CO. The lowest BCUT2D eigenvalue weighted by molar-refractivity contribution is -0.136. The molecule has 0 amide bonds. The second-order valence-corrected chi connectivity index (χ2v) is 2.29. The summed E-state index contributed by atoms with van der Waals surface area (Å²) in [6.45, 7) is -0.822. The molecule has 0 aliphatic heterocycles. The molecule has 12 heavy (non-hydrogen) atoms. The highest BCUT2D eigenvalue weighted by Gasteiger charge is 2.29. The van der Waals surface area contributed by atoms with E-state index in [1.165, 1.54) is 0 Å². The van der Waals surface area contributed by atoms with E-state index in [9.17, 15) is 4.79 Å². The smallest absolute Gasteiger partial charge is 0.151 e. The number of rotatable bonds is 5. The van der Waals surface area contributed by atoms with Crippen LogP contribution in [0.4, 0.5) is 0 Å². The van der Waals surface area contributed by atoms with Crippen molar-refractivity contribution in [2.24, 2.45) is 0 Å². The summed E-state index contributed by atoms with van der Waals surface area (Å²) >= 11 is 0. The Bertz CT molecular complexity index is 175. The zero-order chi connectivity index (χ0) is 10.6. The molecule has 5 N–H and O–H groups in total. The van der Waals surface area contributed by atoms with Gasteiger partial charge in [0.1, 0.15) is 25.8 Å². The number of aliphatic hydroxyl groups is 5. The van der Waals surface area contributed by atoms with Crippen molar-refractivity contribution in [2.75, 3.05) is 6.61 Å². The van der Waals surface area contributed by atoms with Crippen LogP contribution >= 0.6 is 0 Å². The maximum absolute atomic E-state index is 10.2. The maximum atomic E-state index is 10.2. The molecule has 6 nitrogen and oxygen atoms in total. The summed E-state index contributed by atoms with van der Waals surface area (Å²) in [6, 6.07) is 0. The third-order valence-corrected chi connectivity index (χ3v) is 1.38. The molecule has 0 radical (unpaired) electrons. The van der Waals surface area contributed by atoms with Crippen molar-refractivity contribution in [3.8, 4) is 0 Å². The molecule has 72 valence electrons. The Labute approximate surface area is 70.1 Å². The standard InChI is InChI=1S/C6H12O6/c7-1-3(9)5(11)6(12)4(10)2-8/h1,3-6,8-12H,2H2/t3-,4+,5+,6-/m0/s1/i1T. The van der Waals surface area contributed by atoms with Gasteiger partial charge in [-0.15, -0.1) is 0 Å². The fourth-order valence-electron chi connectivity index (χ4n) is 0.592. The molecule has 0 saturated heterocycles. The molecule has 4 atom stereocenters. The van der Waals surface area contributed by atoms with Crippen molar-refractivity contribution in [3.63, 3.8) is 0 Å². The van der Waals surface area contributed by atoms with Gasteiger partial charge in [-0.3, -0.25) is 0 Å². The van der Waals surface area contributed by atoms with Gasteiger partial charge in [-0.05, 0) is 0 Å². The summed E-state index contributed by atoms with van der Waals surface area (Å²) in [7, 11) is 0. The van der Waals surface area contributed by atoms with Crippen molar-refractivity contribution in [2.45, 2.75) is 24.4 Å². The Kier molecular flexibility index (Phi) is 4.12. The van der Waals surface area contributed by atoms with E-state index in [0.29, 0.717) is 0 Å². The molecule has 0 aromatic rings. The number of carbonyl (C=O) groups is 1. The molecule has 6 heteroatoms. The molecule has 0 heterocycles. The molecular formula is C6H12O6. The normalized spacial score (nSPS) is 22.2. The lowest BCUT2D eigenvalue weighted by Crippen LogP contribution is -2.46. The van der Waals surface area contributed by atoms with Gasteiger partial charge in [0.25, 0.3) is 0 Å². The van der Waals surface area contributed by atoms with Crippen LogP contribution in [0.2, 0.25) is 0 Å². The first-order chi connectivity index (χ1) is 5.91. The summed E-state index contributed by atoms with van der Waals surface area (Å²) in [5.41, 5.74) is 0. The second-order valence-electron chi connectivity index (χ2n) is 2.29. The topological polar surface area (TPSA) is 118 Å². The Morgan fingerprint density at radius 2 is 1.75 bits per heavy atom. The summed E-state index contributed by atoms with van der Waals surface area (Å²) in [5.74, 6) is 0. The first-order valence-corrected chi connectivity index (χ1v) is 3.25. The fourth-order valence-corrected chi connectivity index (χ4v) is 0.592. The Hall–Kier alpha value is -0.530. The first kappa shape index (κ1) is 9.56. The number of hydrogen-bond acceptors (Lipinski definition) is 6. The summed E-state index contributed by atoms with van der Waals surface area (Å²) < 4.78 is 6.40. The predicted molar refractivity (Wildman–Crippen MR) is 37.2 cm³/mol. The molecule has 0 spiro atoms. The van der Waals surface area contributed by atoms with Crippen LogP contribution in [0.25, 0.3) is 0 Å². The van der Waals surface area contributed by atoms with Gasteiger partial charge in [0.2, 0.25) is 0 Å². The van der Waals surface area contributed by atoms with Crippen LogP contribution < -0.4 is 0 Å². The number of carbonyl (C=O) groups excluding carboxylic acids is 1. The molecular weight excluding hydrogens is 168 g/mol. The third-order valence-electron chi connectivity index (χ3n) is 1.38. The average Bonchev–Trinajstić information content (AvgIpc) is 2.12. The molecule has 0 aromatic carbocycles. The van der Waals surface area contributed by atoms with Gasteiger partial charge in [-0.2, -0.15) is 0 Å². The van der Waals surface area contributed by atoms with Crippen molar-refractivity contribution in [1.29, 1.82) is 0 Å². The molecule has 0 aliphatic rings. The van der Waals surface area contributed by atoms with Crippen molar-refractivity contribution < 1.29 is 31.7 Å². The Morgan fingerprint density at radius 3 is 2.08 bits per heavy atom. The van der Waals surface area contributed by atoms with E-state index in [1.54, 1.807) is 0 Å². The van der Waals surface area contributed by atoms with Crippen LogP contribution in [0.15, 0.2) is 0 Å². The first-order valence-electron chi connectivity index (χ1n) is 3.75. The minimum absolute atomic E-state index is 0.822. The molecule has 0 rings (SSSR count). The van der Waals surface area contributed by atoms with Gasteiger partial charge in [0.05, 0.1) is 6.61 Å². The molecule has 0 aliphatic carbocycles. The highest BCUT2D eigenvalue weighted by molar-refractivity contribution is 5.56. The van der Waals surface area contributed by atoms with Crippen molar-refractivity contribution in [1.82, 2.24) is 0 Å². The monoisotopic (exact) mass is 182 g/mol. The lowest BCUT2D eigenvalue weighted by atomic mass is 10.0. The van der Waals surface area contributed by atoms with Crippen molar-refractivity contribution >= 4 is 6.26 Å². The molecule has 0 aromatic heterocycles. The molecule has 0 unspecified atom stereocenters. The lowest BCUT2D eigenvalue weighted by Gasteiger charge is -2.22. The maximum Gasteiger partial charge on any atom is 0.151 e. The van der Waals surface area contributed by atoms with Gasteiger partial charge in [0, 0.05) is 0 Å². The van der Waals surface area contributed by atoms with E-state index in [0.717, 1.165) is 0 Å². The average molecular weight is 182 g/mol. The van der Waals surface area contributed by atoms with Gasteiger partial charge in [0.15, 0.2) is 6.26 Å². The van der Waals surface area contributed by atoms with Crippen LogP contribution in [0.1, 0.15) is 1.37 Å². The van der Waals surface area contributed by atoms with E-state index in [2.05, 4.69) is 0 Å². The van der Waals surface area contributed by atoms with Gasteiger partial charge in [-0.1, -0.05) is 0 Å². The largest absolute Gasteiger partial charge is 0.394 e. The fraction of sp³-hybridized carbons (Fsp3) is 0.833. The zero-order valence-electron chi connectivity index (χ0n) is 7.16. The third kappa shape index (κ3) is 2.84. The minimum Gasteiger partial charge on any atom is -0.394 e. The van der Waals surface area contributed by atoms with E-state index >= 15 is 0 Å². The quantitative estimate of drug-likeness (QED) is 0.283. The van der Waals surface area contributed by atoms with Crippen LogP contribution in [0, 0.1) is 0 Å². The van der Waals surface area contributed by atoms with Crippen LogP contribution in [-0.4, -0.2) is 62.8 Å². The molecule has 0 fully saturated rings. The van der Waals surface area contributed by atoms with E-state index < -0.39 is 37.3 Å². The van der Waals surface area contributed by atoms with E-state index in [4.69, 9.17) is 26.9 Å². The van der Waals surface area contributed by atoms with Gasteiger partial charge < -0.3 is 30.3 Å². The van der Waals surface area contributed by atoms with E-state index in [-0.39, 0.29) is 0 Å². The zero-order valence-corrected chi connectivity index (χ0v) is 6.16. The highest BCUT2D eigenvalue weighted by atomic mass is 16.4. The minimum atomic E-state index is -2.09. The van der Waals surface area contributed by atoms with Crippen LogP contribution in [0.3, 0.4) is 0 Å². The Balaban J connectivity index is 4.24. The number of hydrogen-bond donors (Lipinski definition) is 5. The van der Waals surface area contributed by atoms with E-state index in [1.807, 2.05) is 0 Å². The summed E-state index contributed by atoms with van der Waals surface area (Å²) in [4.78, 5) is 10.2. The predicted octanol–water partition coefficient (Wildman–Crippen LogP) is -3.38. The number of aldehydes is 1. The Morgan fingerprint density at radius 1 is 1.25 bits per heavy atom. The second kappa shape index (κ2) is 5.18. The van der Waals surface area contributed by atoms with Gasteiger partial charge >= 0.3 is 0 Å². The highest BCUT2D eigenvalue weighted by Crippen LogP contribution is 2.02. The molecule has 0 saturated carbocycles.